The third kappa shape index (κ3) is 6.19. The smallest absolute Gasteiger partial charge is 0.305 e. The van der Waals surface area contributed by atoms with Gasteiger partial charge in [-0.3, -0.25) is 14.4 Å². The number of halogens is 3. The fourth-order valence-corrected chi connectivity index (χ4v) is 5.22. The van der Waals surface area contributed by atoms with Crippen LogP contribution in [0, 0.1) is 0 Å². The van der Waals surface area contributed by atoms with Gasteiger partial charge in [0, 0.05) is 39.1 Å². The van der Waals surface area contributed by atoms with Crippen LogP contribution in [0.2, 0.25) is 10.0 Å². The zero-order chi connectivity index (χ0) is 28.4. The van der Waals surface area contributed by atoms with E-state index in [0.29, 0.717) is 49.6 Å². The van der Waals surface area contributed by atoms with Crippen molar-refractivity contribution in [1.29, 1.82) is 0 Å². The summed E-state index contributed by atoms with van der Waals surface area (Å²) in [6, 6.07) is 15.7. The molecule has 0 aliphatic carbocycles. The first-order valence-electron chi connectivity index (χ1n) is 12.4. The molecule has 0 spiro atoms. The third-order valence-corrected chi connectivity index (χ3v) is 6.98. The molecule has 2 aliphatic heterocycles. The lowest BCUT2D eigenvalue weighted by Crippen LogP contribution is -2.40. The van der Waals surface area contributed by atoms with Crippen molar-refractivity contribution >= 4 is 58.3 Å². The standard InChI is InChI=1S/C28H24Cl2FN5O4/c29-18-6-17(7-19(30)9-18)24(11-25(37)38)36-14-16-4-5-22(10-23(16)27(36)40)34-26(39)15-2-1-3-21(8-15)35-28-32-12-20(31)13-33-28/h1-10,20,24H,11-14H2,(H,34,39)(H,37,38)(H2,32,33,35). The van der Waals surface area contributed by atoms with Gasteiger partial charge >= 0.3 is 5.97 Å². The Labute approximate surface area is 239 Å². The van der Waals surface area contributed by atoms with Crippen LogP contribution < -0.4 is 16.0 Å². The van der Waals surface area contributed by atoms with E-state index in [1.807, 2.05) is 0 Å². The Morgan fingerprint density at radius 3 is 2.58 bits per heavy atom. The third-order valence-electron chi connectivity index (χ3n) is 6.54. The topological polar surface area (TPSA) is 123 Å². The SMILES string of the molecule is O=C(O)CC(c1cc(Cl)cc(Cl)c1)N1Cc2ccc(NC(=O)c3cccc(NC4=NCC(F)CN4)c3)cc2C1=O. The minimum Gasteiger partial charge on any atom is -0.481 e. The van der Waals surface area contributed by atoms with Gasteiger partial charge in [-0.25, -0.2) is 9.38 Å². The lowest BCUT2D eigenvalue weighted by atomic mass is 10.0. The van der Waals surface area contributed by atoms with Crippen molar-refractivity contribution in [2.75, 3.05) is 23.7 Å². The van der Waals surface area contributed by atoms with Gasteiger partial charge in [0.05, 0.1) is 25.6 Å². The first-order valence-corrected chi connectivity index (χ1v) is 13.1. The molecule has 0 fully saturated rings. The molecule has 2 atom stereocenters. The van der Waals surface area contributed by atoms with Crippen LogP contribution in [-0.2, 0) is 11.3 Å². The summed E-state index contributed by atoms with van der Waals surface area (Å²) in [7, 11) is 0. The summed E-state index contributed by atoms with van der Waals surface area (Å²) >= 11 is 12.3. The van der Waals surface area contributed by atoms with Crippen LogP contribution in [-0.4, -0.2) is 53.0 Å². The van der Waals surface area contributed by atoms with Gasteiger partial charge in [0.15, 0.2) is 5.96 Å². The van der Waals surface area contributed by atoms with Crippen LogP contribution in [0.3, 0.4) is 0 Å². The number of carbonyl (C=O) groups excluding carboxylic acids is 2. The van der Waals surface area contributed by atoms with E-state index in [9.17, 15) is 23.9 Å². The quantitative estimate of drug-likeness (QED) is 0.306. The van der Waals surface area contributed by atoms with Crippen LogP contribution in [0.25, 0.3) is 0 Å². The highest BCUT2D eigenvalue weighted by Gasteiger charge is 2.35. The van der Waals surface area contributed by atoms with Crippen LogP contribution in [0.4, 0.5) is 15.8 Å². The first kappa shape index (κ1) is 27.4. The monoisotopic (exact) mass is 583 g/mol. The van der Waals surface area contributed by atoms with E-state index in [4.69, 9.17) is 23.2 Å². The van der Waals surface area contributed by atoms with Crippen molar-refractivity contribution in [3.63, 3.8) is 0 Å². The molecule has 0 saturated carbocycles. The number of carboxylic acid groups (broad SMARTS) is 1. The largest absolute Gasteiger partial charge is 0.481 e. The molecule has 4 N–H and O–H groups in total. The summed E-state index contributed by atoms with van der Waals surface area (Å²) in [5.41, 5.74) is 2.95. The summed E-state index contributed by atoms with van der Waals surface area (Å²) < 4.78 is 13.3. The Bertz CT molecular complexity index is 1510. The summed E-state index contributed by atoms with van der Waals surface area (Å²) in [5.74, 6) is -1.41. The molecular weight excluding hydrogens is 560 g/mol. The highest BCUT2D eigenvalue weighted by Crippen LogP contribution is 2.36. The van der Waals surface area contributed by atoms with Gasteiger partial charge in [-0.05, 0) is 59.7 Å². The Morgan fingerprint density at radius 2 is 1.88 bits per heavy atom. The normalized spacial score (nSPS) is 17.0. The number of carboxylic acids is 1. The van der Waals surface area contributed by atoms with Crippen LogP contribution in [0.1, 0.15) is 44.3 Å². The van der Waals surface area contributed by atoms with Crippen molar-refractivity contribution in [3.8, 4) is 0 Å². The number of nitrogens with zero attached hydrogens (tertiary/aromatic N) is 2. The van der Waals surface area contributed by atoms with Gasteiger partial charge < -0.3 is 26.0 Å². The highest BCUT2D eigenvalue weighted by molar-refractivity contribution is 6.34. The molecule has 12 heteroatoms. The fraction of sp³-hybridized carbons (Fsp3) is 0.214. The highest BCUT2D eigenvalue weighted by atomic mass is 35.5. The average molecular weight is 584 g/mol. The summed E-state index contributed by atoms with van der Waals surface area (Å²) in [6.45, 7) is 0.414. The molecule has 206 valence electrons. The average Bonchev–Trinajstić information content (AvgIpc) is 3.23. The zero-order valence-corrected chi connectivity index (χ0v) is 22.5. The maximum atomic E-state index is 13.4. The number of fused-ring (bicyclic) bond motifs is 1. The number of alkyl halides is 1. The molecule has 2 unspecified atom stereocenters. The number of hydrogen-bond donors (Lipinski definition) is 4. The molecule has 5 rings (SSSR count). The number of aliphatic carboxylic acids is 1. The summed E-state index contributed by atoms with van der Waals surface area (Å²) in [5, 5.41) is 18.9. The van der Waals surface area contributed by atoms with E-state index in [1.165, 1.54) is 11.0 Å². The number of amides is 2. The number of aliphatic imine (C=N–C) groups is 1. The number of carbonyl (C=O) groups is 3. The first-order chi connectivity index (χ1) is 19.2. The van der Waals surface area contributed by atoms with Gasteiger partial charge in [0.1, 0.15) is 6.17 Å². The molecular formula is C28H24Cl2FN5O4. The van der Waals surface area contributed by atoms with Crippen LogP contribution >= 0.6 is 23.2 Å². The Hall–Kier alpha value is -4.15. The predicted octanol–water partition coefficient (Wildman–Crippen LogP) is 5.13. The molecule has 3 aromatic carbocycles. The Morgan fingerprint density at radius 1 is 1.10 bits per heavy atom. The van der Waals surface area contributed by atoms with Gasteiger partial charge in [-0.2, -0.15) is 0 Å². The van der Waals surface area contributed by atoms with E-state index in [1.54, 1.807) is 54.6 Å². The number of anilines is 2. The van der Waals surface area contributed by atoms with Gasteiger partial charge in [-0.15, -0.1) is 0 Å². The molecule has 0 saturated heterocycles. The van der Waals surface area contributed by atoms with E-state index in [-0.39, 0.29) is 32.0 Å². The van der Waals surface area contributed by atoms with Crippen molar-refractivity contribution in [3.05, 3.63) is 93.0 Å². The molecule has 40 heavy (non-hydrogen) atoms. The Balaban J connectivity index is 1.32. The van der Waals surface area contributed by atoms with E-state index >= 15 is 0 Å². The molecule has 2 aliphatic rings. The van der Waals surface area contributed by atoms with Crippen molar-refractivity contribution in [2.24, 2.45) is 4.99 Å². The number of rotatable bonds is 7. The maximum Gasteiger partial charge on any atom is 0.305 e. The summed E-state index contributed by atoms with van der Waals surface area (Å²) in [4.78, 5) is 43.7. The van der Waals surface area contributed by atoms with Crippen molar-refractivity contribution in [1.82, 2.24) is 10.2 Å². The minimum absolute atomic E-state index is 0.0634. The molecule has 9 nitrogen and oxygen atoms in total. The number of nitrogens with one attached hydrogen (secondary N) is 3. The molecule has 2 heterocycles. The molecule has 3 aromatic rings. The van der Waals surface area contributed by atoms with Gasteiger partial charge in [-0.1, -0.05) is 35.3 Å². The van der Waals surface area contributed by atoms with Gasteiger partial charge in [0.2, 0.25) is 0 Å². The number of hydrogen-bond acceptors (Lipinski definition) is 6. The van der Waals surface area contributed by atoms with Gasteiger partial charge in [0.25, 0.3) is 11.8 Å². The number of guanidine groups is 1. The molecule has 0 radical (unpaired) electrons. The lowest BCUT2D eigenvalue weighted by Gasteiger charge is -2.27. The van der Waals surface area contributed by atoms with E-state index in [0.717, 1.165) is 0 Å². The minimum atomic E-state index is -1.08. The predicted molar refractivity (Wildman–Crippen MR) is 151 cm³/mol. The molecule has 0 aromatic heterocycles. The summed E-state index contributed by atoms with van der Waals surface area (Å²) in [6.07, 6.45) is -1.37. The molecule has 2 amide bonds. The second-order valence-electron chi connectivity index (χ2n) is 9.45. The zero-order valence-electron chi connectivity index (χ0n) is 21.0. The van der Waals surface area contributed by atoms with E-state index < -0.39 is 24.1 Å². The van der Waals surface area contributed by atoms with Crippen molar-refractivity contribution in [2.45, 2.75) is 25.2 Å². The lowest BCUT2D eigenvalue weighted by molar-refractivity contribution is -0.138. The maximum absolute atomic E-state index is 13.4. The van der Waals surface area contributed by atoms with Crippen LogP contribution in [0.5, 0.6) is 0 Å². The number of benzene rings is 3. The van der Waals surface area contributed by atoms with Crippen LogP contribution in [0.15, 0.2) is 65.7 Å². The molecule has 0 bridgehead atoms. The second kappa shape index (κ2) is 11.5. The Kier molecular flexibility index (Phi) is 7.90. The van der Waals surface area contributed by atoms with E-state index in [2.05, 4.69) is 20.9 Å². The van der Waals surface area contributed by atoms with Crippen molar-refractivity contribution < 1.29 is 23.9 Å². The fourth-order valence-electron chi connectivity index (χ4n) is 4.67. The second-order valence-corrected chi connectivity index (χ2v) is 10.3.